The van der Waals surface area contributed by atoms with E-state index >= 15 is 0 Å². The van der Waals surface area contributed by atoms with E-state index in [-0.39, 0.29) is 17.4 Å². The van der Waals surface area contributed by atoms with E-state index in [0.29, 0.717) is 0 Å². The van der Waals surface area contributed by atoms with Crippen molar-refractivity contribution in [1.82, 2.24) is 0 Å². The number of aromatic hydroxyl groups is 1. The van der Waals surface area contributed by atoms with Crippen molar-refractivity contribution in [2.75, 3.05) is 0 Å². The quantitative estimate of drug-likeness (QED) is 0.741. The summed E-state index contributed by atoms with van der Waals surface area (Å²) in [7, 11) is 0. The summed E-state index contributed by atoms with van der Waals surface area (Å²) in [6.07, 6.45) is 0.212. The highest BCUT2D eigenvalue weighted by Crippen LogP contribution is 2.23. The van der Waals surface area contributed by atoms with Gasteiger partial charge in [0.2, 0.25) is 5.24 Å². The van der Waals surface area contributed by atoms with Crippen LogP contribution in [0.25, 0.3) is 0 Å². The molecule has 0 spiro atoms. The lowest BCUT2D eigenvalue weighted by atomic mass is 10.0. The molecular weight excluding hydrogens is 188 g/mol. The van der Waals surface area contributed by atoms with Gasteiger partial charge in [0.25, 0.3) is 0 Å². The number of benzene rings is 1. The molecule has 0 heterocycles. The molecule has 0 bridgehead atoms. The predicted octanol–water partition coefficient (Wildman–Crippen LogP) is 2.32. The van der Waals surface area contributed by atoms with Gasteiger partial charge in [-0.3, -0.25) is 4.79 Å². The van der Waals surface area contributed by atoms with Crippen molar-refractivity contribution in [1.29, 1.82) is 0 Å². The van der Waals surface area contributed by atoms with E-state index in [0.717, 1.165) is 16.7 Å². The van der Waals surface area contributed by atoms with Crippen LogP contribution in [0.3, 0.4) is 0 Å². The number of hydrogen-bond acceptors (Lipinski definition) is 2. The second-order valence-corrected chi connectivity index (χ2v) is 3.53. The maximum absolute atomic E-state index is 10.6. The van der Waals surface area contributed by atoms with Gasteiger partial charge in [-0.25, -0.2) is 0 Å². The largest absolute Gasteiger partial charge is 0.507 e. The Morgan fingerprint density at radius 3 is 2.23 bits per heavy atom. The van der Waals surface area contributed by atoms with Gasteiger partial charge < -0.3 is 5.11 Å². The fourth-order valence-corrected chi connectivity index (χ4v) is 1.46. The van der Waals surface area contributed by atoms with E-state index in [1.807, 2.05) is 0 Å². The van der Waals surface area contributed by atoms with Crippen LogP contribution < -0.4 is 0 Å². The minimum Gasteiger partial charge on any atom is -0.507 e. The zero-order valence-electron chi connectivity index (χ0n) is 7.60. The number of halogens is 1. The fraction of sp³-hybridized carbons (Fsp3) is 0.300. The minimum absolute atomic E-state index is 0.212. The molecule has 0 unspecified atom stereocenters. The van der Waals surface area contributed by atoms with Gasteiger partial charge in [0.1, 0.15) is 5.75 Å². The molecule has 0 atom stereocenters. The van der Waals surface area contributed by atoms with Crippen LogP contribution in [-0.2, 0) is 11.2 Å². The summed E-state index contributed by atoms with van der Waals surface area (Å²) in [5.41, 5.74) is 2.38. The van der Waals surface area contributed by atoms with Crippen molar-refractivity contribution in [2.24, 2.45) is 0 Å². The average molecular weight is 199 g/mol. The van der Waals surface area contributed by atoms with Gasteiger partial charge in [-0.15, -0.1) is 0 Å². The Bertz CT molecular complexity index is 322. The third-order valence-corrected chi connectivity index (χ3v) is 2.03. The van der Waals surface area contributed by atoms with Crippen LogP contribution in [0.5, 0.6) is 5.75 Å². The molecule has 2 nitrogen and oxygen atoms in total. The van der Waals surface area contributed by atoms with Gasteiger partial charge in [0.05, 0.1) is 0 Å². The van der Waals surface area contributed by atoms with E-state index in [1.165, 1.54) is 0 Å². The van der Waals surface area contributed by atoms with Crippen LogP contribution in [0, 0.1) is 13.8 Å². The molecule has 1 rings (SSSR count). The second kappa shape index (κ2) is 3.79. The number of carbonyl (C=O) groups is 1. The third-order valence-electron chi connectivity index (χ3n) is 1.89. The Kier molecular flexibility index (Phi) is 2.94. The third kappa shape index (κ3) is 2.46. The lowest BCUT2D eigenvalue weighted by Gasteiger charge is -2.05. The predicted molar refractivity (Wildman–Crippen MR) is 52.1 cm³/mol. The Morgan fingerprint density at radius 2 is 1.85 bits per heavy atom. The summed E-state index contributed by atoms with van der Waals surface area (Å²) >= 11 is 5.26. The lowest BCUT2D eigenvalue weighted by Crippen LogP contribution is -1.95. The summed E-state index contributed by atoms with van der Waals surface area (Å²) in [5.74, 6) is 0.283. The number of phenols is 1. The van der Waals surface area contributed by atoms with E-state index in [9.17, 15) is 9.90 Å². The van der Waals surface area contributed by atoms with Gasteiger partial charge in [0, 0.05) is 6.42 Å². The van der Waals surface area contributed by atoms with Crippen molar-refractivity contribution in [2.45, 2.75) is 20.3 Å². The Hall–Kier alpha value is -1.02. The highest BCUT2D eigenvalue weighted by atomic mass is 35.5. The standard InChI is InChI=1S/C10H11ClO2/c1-6-3-8(5-9(11)12)4-7(2)10(6)13/h3-4,13H,5H2,1-2H3. The highest BCUT2D eigenvalue weighted by Gasteiger charge is 2.05. The summed E-state index contributed by atoms with van der Waals surface area (Å²) in [4.78, 5) is 10.6. The lowest BCUT2D eigenvalue weighted by molar-refractivity contribution is -0.111. The fourth-order valence-electron chi connectivity index (χ4n) is 1.31. The number of carbonyl (C=O) groups excluding carboxylic acids is 1. The Balaban J connectivity index is 3.06. The van der Waals surface area contributed by atoms with Gasteiger partial charge >= 0.3 is 0 Å². The molecule has 0 aromatic heterocycles. The smallest absolute Gasteiger partial charge is 0.226 e. The summed E-state index contributed by atoms with van der Waals surface area (Å²) in [5, 5.41) is 9.06. The molecule has 0 aliphatic heterocycles. The summed E-state index contributed by atoms with van der Waals surface area (Å²) in [6.45, 7) is 3.59. The van der Waals surface area contributed by atoms with Crippen molar-refractivity contribution < 1.29 is 9.90 Å². The number of phenolic OH excluding ortho intramolecular Hbond substituents is 1. The number of aryl methyl sites for hydroxylation is 2. The van der Waals surface area contributed by atoms with Crippen molar-refractivity contribution in [3.63, 3.8) is 0 Å². The summed E-state index contributed by atoms with van der Waals surface area (Å²) in [6, 6.07) is 3.53. The van der Waals surface area contributed by atoms with E-state index in [4.69, 9.17) is 11.6 Å². The molecule has 1 aromatic carbocycles. The topological polar surface area (TPSA) is 37.3 Å². The van der Waals surface area contributed by atoms with Crippen LogP contribution in [0.4, 0.5) is 0 Å². The first-order valence-electron chi connectivity index (χ1n) is 3.98. The molecule has 0 saturated heterocycles. The summed E-state index contributed by atoms with van der Waals surface area (Å²) < 4.78 is 0. The van der Waals surface area contributed by atoms with Gasteiger partial charge in [-0.1, -0.05) is 12.1 Å². The normalized spacial score (nSPS) is 10.1. The van der Waals surface area contributed by atoms with E-state index in [1.54, 1.807) is 26.0 Å². The molecule has 0 radical (unpaired) electrons. The zero-order chi connectivity index (χ0) is 10.0. The Morgan fingerprint density at radius 1 is 1.38 bits per heavy atom. The van der Waals surface area contributed by atoms with Crippen molar-refractivity contribution >= 4 is 16.8 Å². The van der Waals surface area contributed by atoms with Gasteiger partial charge in [0.15, 0.2) is 0 Å². The minimum atomic E-state index is -0.385. The highest BCUT2D eigenvalue weighted by molar-refractivity contribution is 6.63. The molecule has 0 aliphatic carbocycles. The SMILES string of the molecule is Cc1cc(CC(=O)Cl)cc(C)c1O. The van der Waals surface area contributed by atoms with Crippen LogP contribution in [0.15, 0.2) is 12.1 Å². The first kappa shape index (κ1) is 10.1. The second-order valence-electron chi connectivity index (χ2n) is 3.11. The molecular formula is C10H11ClO2. The number of hydrogen-bond donors (Lipinski definition) is 1. The van der Waals surface area contributed by atoms with Crippen molar-refractivity contribution in [3.05, 3.63) is 28.8 Å². The van der Waals surface area contributed by atoms with Gasteiger partial charge in [-0.05, 0) is 42.1 Å². The molecule has 0 aliphatic rings. The monoisotopic (exact) mass is 198 g/mol. The Labute approximate surface area is 82.2 Å². The van der Waals surface area contributed by atoms with E-state index < -0.39 is 0 Å². The van der Waals surface area contributed by atoms with Crippen LogP contribution in [0.2, 0.25) is 0 Å². The van der Waals surface area contributed by atoms with Crippen LogP contribution in [0.1, 0.15) is 16.7 Å². The maximum Gasteiger partial charge on any atom is 0.226 e. The van der Waals surface area contributed by atoms with Gasteiger partial charge in [-0.2, -0.15) is 0 Å². The maximum atomic E-state index is 10.6. The first-order valence-corrected chi connectivity index (χ1v) is 4.36. The van der Waals surface area contributed by atoms with Crippen LogP contribution >= 0.6 is 11.6 Å². The molecule has 1 N–H and O–H groups in total. The molecule has 3 heteroatoms. The van der Waals surface area contributed by atoms with Crippen molar-refractivity contribution in [3.8, 4) is 5.75 Å². The first-order chi connectivity index (χ1) is 6.00. The molecule has 0 fully saturated rings. The van der Waals surface area contributed by atoms with E-state index in [2.05, 4.69) is 0 Å². The molecule has 1 aromatic rings. The molecule has 70 valence electrons. The number of rotatable bonds is 2. The molecule has 0 amide bonds. The molecule has 13 heavy (non-hydrogen) atoms. The molecule has 0 saturated carbocycles. The van der Waals surface area contributed by atoms with Crippen LogP contribution in [-0.4, -0.2) is 10.3 Å². The zero-order valence-corrected chi connectivity index (χ0v) is 8.35. The average Bonchev–Trinajstić information content (AvgIpc) is 1.98.